The van der Waals surface area contributed by atoms with E-state index in [0.29, 0.717) is 12.1 Å². The van der Waals surface area contributed by atoms with E-state index < -0.39 is 0 Å². The van der Waals surface area contributed by atoms with Crippen LogP contribution in [0.3, 0.4) is 0 Å². The van der Waals surface area contributed by atoms with Crippen molar-refractivity contribution < 1.29 is 4.39 Å². The van der Waals surface area contributed by atoms with Crippen LogP contribution in [0.5, 0.6) is 0 Å². The van der Waals surface area contributed by atoms with E-state index in [1.165, 1.54) is 6.07 Å². The minimum Gasteiger partial charge on any atom is -0.373 e. The smallest absolute Gasteiger partial charge is 0.146 e. The Balaban J connectivity index is 2.59. The molecule has 1 heterocycles. The van der Waals surface area contributed by atoms with Gasteiger partial charge in [0.15, 0.2) is 0 Å². The third kappa shape index (κ3) is 1.65. The molecule has 0 aromatic heterocycles. The molecule has 15 heavy (non-hydrogen) atoms. The van der Waals surface area contributed by atoms with Crippen LogP contribution in [-0.4, -0.2) is 10.4 Å². The maximum Gasteiger partial charge on any atom is 0.146 e. The van der Waals surface area contributed by atoms with E-state index in [2.05, 4.69) is 5.32 Å². The van der Waals surface area contributed by atoms with Crippen molar-refractivity contribution in [2.45, 2.75) is 32.7 Å². The zero-order chi connectivity index (χ0) is 11.2. The molecule has 1 aromatic rings. The van der Waals surface area contributed by atoms with Crippen molar-refractivity contribution in [3.8, 4) is 0 Å². The van der Waals surface area contributed by atoms with Gasteiger partial charge in [0.1, 0.15) is 5.82 Å². The lowest BCUT2D eigenvalue weighted by Crippen LogP contribution is -2.44. The van der Waals surface area contributed by atoms with Crippen LogP contribution >= 0.6 is 12.2 Å². The lowest BCUT2D eigenvalue weighted by atomic mass is 9.87. The van der Waals surface area contributed by atoms with Crippen LogP contribution in [-0.2, 0) is 6.42 Å². The highest BCUT2D eigenvalue weighted by Crippen LogP contribution is 2.33. The molecule has 0 amide bonds. The third-order valence-electron chi connectivity index (χ3n) is 2.97. The first-order valence-electron chi connectivity index (χ1n) is 5.01. The van der Waals surface area contributed by atoms with Crippen molar-refractivity contribution in [1.82, 2.24) is 0 Å². The summed E-state index contributed by atoms with van der Waals surface area (Å²) in [6.07, 6.45) is 0.689. The van der Waals surface area contributed by atoms with Crippen LogP contribution in [0.2, 0.25) is 0 Å². The average molecular weight is 223 g/mol. The van der Waals surface area contributed by atoms with Crippen LogP contribution in [0.4, 0.5) is 10.1 Å². The van der Waals surface area contributed by atoms with Gasteiger partial charge < -0.3 is 5.32 Å². The molecule has 2 rings (SSSR count). The third-order valence-corrected chi connectivity index (χ3v) is 3.62. The summed E-state index contributed by atoms with van der Waals surface area (Å²) in [5, 5.41) is 3.18. The van der Waals surface area contributed by atoms with Crippen LogP contribution in [0.25, 0.3) is 0 Å². The molecule has 0 unspecified atom stereocenters. The van der Waals surface area contributed by atoms with E-state index in [-0.39, 0.29) is 11.4 Å². The summed E-state index contributed by atoms with van der Waals surface area (Å²) in [5.41, 5.74) is 2.42. The Morgan fingerprint density at radius 1 is 1.40 bits per heavy atom. The second-order valence-electron chi connectivity index (χ2n) is 4.57. The van der Waals surface area contributed by atoms with Crippen molar-refractivity contribution in [3.05, 3.63) is 29.1 Å². The van der Waals surface area contributed by atoms with Crippen molar-refractivity contribution in [1.29, 1.82) is 0 Å². The molecule has 0 atom stereocenters. The van der Waals surface area contributed by atoms with E-state index in [1.54, 1.807) is 6.07 Å². The van der Waals surface area contributed by atoms with Gasteiger partial charge >= 0.3 is 0 Å². The number of hydrogen-bond donors (Lipinski definition) is 1. The van der Waals surface area contributed by atoms with Gasteiger partial charge in [0, 0.05) is 11.3 Å². The van der Waals surface area contributed by atoms with Gasteiger partial charge in [-0.3, -0.25) is 0 Å². The molecule has 0 bridgehead atoms. The van der Waals surface area contributed by atoms with Crippen LogP contribution < -0.4 is 5.32 Å². The minimum atomic E-state index is -0.295. The molecule has 1 aromatic carbocycles. The summed E-state index contributed by atoms with van der Waals surface area (Å²) in [6, 6.07) is 3.31. The number of benzene rings is 1. The number of aryl methyl sites for hydroxylation is 1. The van der Waals surface area contributed by atoms with Crippen LogP contribution in [0, 0.1) is 12.7 Å². The van der Waals surface area contributed by atoms with Crippen molar-refractivity contribution in [2.24, 2.45) is 0 Å². The van der Waals surface area contributed by atoms with Gasteiger partial charge in [0.05, 0.1) is 11.2 Å². The molecular weight excluding hydrogens is 209 g/mol. The fourth-order valence-electron chi connectivity index (χ4n) is 1.85. The number of anilines is 1. The Kier molecular flexibility index (Phi) is 2.30. The van der Waals surface area contributed by atoms with E-state index in [0.717, 1.165) is 16.0 Å². The molecule has 0 spiro atoms. The largest absolute Gasteiger partial charge is 0.373 e. The molecule has 1 N–H and O–H groups in total. The van der Waals surface area contributed by atoms with Gasteiger partial charge in [-0.25, -0.2) is 4.39 Å². The average Bonchev–Trinajstić information content (AvgIpc) is 2.15. The summed E-state index contributed by atoms with van der Waals surface area (Å²) in [4.78, 5) is 0.934. The fourth-order valence-corrected chi connectivity index (χ4v) is 2.05. The summed E-state index contributed by atoms with van der Waals surface area (Å²) in [6.45, 7) is 5.96. The number of rotatable bonds is 0. The van der Waals surface area contributed by atoms with E-state index in [9.17, 15) is 4.39 Å². The van der Waals surface area contributed by atoms with Crippen LogP contribution in [0.15, 0.2) is 12.1 Å². The molecular formula is C12H14FNS. The molecule has 0 fully saturated rings. The van der Waals surface area contributed by atoms with Gasteiger partial charge in [-0.05, 0) is 38.0 Å². The molecule has 80 valence electrons. The van der Waals surface area contributed by atoms with Gasteiger partial charge in [-0.2, -0.15) is 0 Å². The summed E-state index contributed by atoms with van der Waals surface area (Å²) >= 11 is 5.34. The quantitative estimate of drug-likeness (QED) is 0.678. The monoisotopic (exact) mass is 223 g/mol. The highest BCUT2D eigenvalue weighted by molar-refractivity contribution is 7.80. The van der Waals surface area contributed by atoms with Crippen LogP contribution in [0.1, 0.15) is 25.0 Å². The molecule has 0 radical (unpaired) electrons. The second kappa shape index (κ2) is 3.27. The molecule has 1 aliphatic rings. The van der Waals surface area contributed by atoms with Crippen molar-refractivity contribution >= 4 is 22.8 Å². The first-order valence-corrected chi connectivity index (χ1v) is 5.42. The maximum atomic E-state index is 13.6. The number of hydrogen-bond acceptors (Lipinski definition) is 2. The summed E-state index contributed by atoms with van der Waals surface area (Å²) < 4.78 is 13.6. The Hall–Kier alpha value is -0.960. The highest BCUT2D eigenvalue weighted by Gasteiger charge is 2.31. The Labute approximate surface area is 94.7 Å². The minimum absolute atomic E-state index is 0.189. The normalized spacial score (nSPS) is 18.3. The number of halogens is 1. The zero-order valence-electron chi connectivity index (χ0n) is 9.15. The predicted molar refractivity (Wildman–Crippen MR) is 65.1 cm³/mol. The van der Waals surface area contributed by atoms with Gasteiger partial charge in [0.2, 0.25) is 0 Å². The first-order chi connectivity index (χ1) is 6.92. The SMILES string of the molecule is Cc1ccc(F)c2c1CC(=S)C(C)(C)N2. The molecule has 1 aliphatic heterocycles. The fraction of sp³-hybridized carbons (Fsp3) is 0.417. The predicted octanol–water partition coefficient (Wildman–Crippen LogP) is 3.25. The number of thiocarbonyl (C=S) groups is 1. The molecule has 3 heteroatoms. The van der Waals surface area contributed by atoms with Crippen molar-refractivity contribution in [2.75, 3.05) is 5.32 Å². The molecule has 1 nitrogen and oxygen atoms in total. The first kappa shape index (κ1) is 10.6. The van der Waals surface area contributed by atoms with E-state index >= 15 is 0 Å². The molecule has 0 saturated carbocycles. The topological polar surface area (TPSA) is 12.0 Å². The Bertz CT molecular complexity index is 437. The Morgan fingerprint density at radius 3 is 2.73 bits per heavy atom. The van der Waals surface area contributed by atoms with Gasteiger partial charge in [-0.1, -0.05) is 18.3 Å². The number of fused-ring (bicyclic) bond motifs is 1. The maximum absolute atomic E-state index is 13.6. The van der Waals surface area contributed by atoms with Gasteiger partial charge in [-0.15, -0.1) is 0 Å². The summed E-state index contributed by atoms with van der Waals surface area (Å²) in [5.74, 6) is -0.189. The van der Waals surface area contributed by atoms with Crippen molar-refractivity contribution in [3.63, 3.8) is 0 Å². The Morgan fingerprint density at radius 2 is 2.07 bits per heavy atom. The molecule has 0 aliphatic carbocycles. The second-order valence-corrected chi connectivity index (χ2v) is 5.06. The standard InChI is InChI=1S/C12H14FNS/c1-7-4-5-9(13)11-8(7)6-10(15)12(2,3)14-11/h4-5,14H,6H2,1-3H3. The van der Waals surface area contributed by atoms with E-state index in [4.69, 9.17) is 12.2 Å². The number of nitrogens with one attached hydrogen (secondary N) is 1. The van der Waals surface area contributed by atoms with E-state index in [1.807, 2.05) is 20.8 Å². The lowest BCUT2D eigenvalue weighted by Gasteiger charge is -2.35. The summed E-state index contributed by atoms with van der Waals surface area (Å²) in [7, 11) is 0. The highest BCUT2D eigenvalue weighted by atomic mass is 32.1. The zero-order valence-corrected chi connectivity index (χ0v) is 9.96. The van der Waals surface area contributed by atoms with Gasteiger partial charge in [0.25, 0.3) is 0 Å². The molecule has 0 saturated heterocycles. The lowest BCUT2D eigenvalue weighted by molar-refractivity contribution is 0.617.